The Morgan fingerprint density at radius 1 is 0.733 bits per heavy atom. The molecule has 90 valence electrons. The van der Waals surface area contributed by atoms with Crippen LogP contribution in [0, 0.1) is 0 Å². The molecule has 0 unspecified atom stereocenters. The van der Waals surface area contributed by atoms with Gasteiger partial charge in [-0.05, 0) is 25.7 Å². The second kappa shape index (κ2) is 14.2. The third-order valence-corrected chi connectivity index (χ3v) is 3.21. The normalized spacial score (nSPS) is 11.3. The molecule has 0 aromatic heterocycles. The third-order valence-electron chi connectivity index (χ3n) is 2.65. The van der Waals surface area contributed by atoms with Crippen LogP contribution in [0.4, 0.5) is 0 Å². The zero-order valence-corrected chi connectivity index (χ0v) is 11.9. The minimum Gasteiger partial charge on any atom is -0.0928 e. The molecular weight excluding hydrogens is 248 g/mol. The number of alkyl halides is 1. The summed E-state index contributed by atoms with van der Waals surface area (Å²) in [6.07, 6.45) is 18.4. The number of rotatable bonds is 11. The van der Waals surface area contributed by atoms with Gasteiger partial charge in [-0.3, -0.25) is 0 Å². The van der Waals surface area contributed by atoms with Crippen molar-refractivity contribution in [1.29, 1.82) is 0 Å². The van der Waals surface area contributed by atoms with E-state index in [-0.39, 0.29) is 0 Å². The highest BCUT2D eigenvalue weighted by atomic mass is 79.9. The quantitative estimate of drug-likeness (QED) is 0.252. The Kier molecular flexibility index (Phi) is 14.4. The van der Waals surface area contributed by atoms with Gasteiger partial charge >= 0.3 is 0 Å². The molecule has 0 aliphatic rings. The predicted molar refractivity (Wildman–Crippen MR) is 74.8 cm³/mol. The van der Waals surface area contributed by atoms with Crippen LogP contribution >= 0.6 is 15.9 Å². The SMILES string of the molecule is CCCCCCCCC/C=C/CCCBr. The van der Waals surface area contributed by atoms with Gasteiger partial charge in [0.25, 0.3) is 0 Å². The average Bonchev–Trinajstić information content (AvgIpc) is 2.26. The van der Waals surface area contributed by atoms with Crippen molar-refractivity contribution in [2.75, 3.05) is 5.33 Å². The van der Waals surface area contributed by atoms with Gasteiger partial charge in [0.1, 0.15) is 0 Å². The fourth-order valence-corrected chi connectivity index (χ4v) is 1.97. The van der Waals surface area contributed by atoms with Crippen molar-refractivity contribution in [2.45, 2.75) is 71.1 Å². The van der Waals surface area contributed by atoms with Gasteiger partial charge in [-0.25, -0.2) is 0 Å². The first-order valence-electron chi connectivity index (χ1n) is 6.62. The number of allylic oxidation sites excluding steroid dienone is 2. The van der Waals surface area contributed by atoms with Crippen LogP contribution in [0.3, 0.4) is 0 Å². The summed E-state index contributed by atoms with van der Waals surface area (Å²) in [6.45, 7) is 2.28. The molecule has 0 N–H and O–H groups in total. The Labute approximate surface area is 105 Å². The number of hydrogen-bond acceptors (Lipinski definition) is 0. The smallest absolute Gasteiger partial charge is 0.00342 e. The summed E-state index contributed by atoms with van der Waals surface area (Å²) in [5, 5.41) is 1.13. The van der Waals surface area contributed by atoms with Gasteiger partial charge in [0.15, 0.2) is 0 Å². The van der Waals surface area contributed by atoms with Gasteiger partial charge < -0.3 is 0 Å². The molecule has 0 heterocycles. The molecule has 0 saturated carbocycles. The van der Waals surface area contributed by atoms with Crippen molar-refractivity contribution in [3.05, 3.63) is 12.2 Å². The van der Waals surface area contributed by atoms with Gasteiger partial charge in [-0.15, -0.1) is 0 Å². The Balaban J connectivity index is 2.95. The fourth-order valence-electron chi connectivity index (χ4n) is 1.65. The highest BCUT2D eigenvalue weighted by Gasteiger charge is 1.89. The minimum absolute atomic E-state index is 1.13. The highest BCUT2D eigenvalue weighted by Crippen LogP contribution is 2.08. The zero-order valence-electron chi connectivity index (χ0n) is 10.3. The molecule has 15 heavy (non-hydrogen) atoms. The average molecular weight is 275 g/mol. The summed E-state index contributed by atoms with van der Waals surface area (Å²) in [7, 11) is 0. The maximum absolute atomic E-state index is 3.44. The summed E-state index contributed by atoms with van der Waals surface area (Å²) in [6, 6.07) is 0. The first-order valence-corrected chi connectivity index (χ1v) is 7.75. The standard InChI is InChI=1S/C14H27Br/c1-2-3-4-5-6-7-8-9-10-11-12-13-14-15/h10-11H,2-9,12-14H2,1H3/b11-10+. The van der Waals surface area contributed by atoms with E-state index in [0.29, 0.717) is 0 Å². The highest BCUT2D eigenvalue weighted by molar-refractivity contribution is 9.09. The Hall–Kier alpha value is 0.220. The van der Waals surface area contributed by atoms with Crippen LogP contribution in [0.15, 0.2) is 12.2 Å². The first-order chi connectivity index (χ1) is 7.41. The zero-order chi connectivity index (χ0) is 11.2. The molecule has 0 fully saturated rings. The number of halogens is 1. The Morgan fingerprint density at radius 3 is 1.87 bits per heavy atom. The van der Waals surface area contributed by atoms with Crippen LogP contribution in [0.2, 0.25) is 0 Å². The lowest BCUT2D eigenvalue weighted by Crippen LogP contribution is -1.79. The molecule has 1 heteroatoms. The fraction of sp³-hybridized carbons (Fsp3) is 0.857. The van der Waals surface area contributed by atoms with E-state index >= 15 is 0 Å². The molecule has 0 saturated heterocycles. The maximum Gasteiger partial charge on any atom is 0.00342 e. The van der Waals surface area contributed by atoms with Crippen molar-refractivity contribution in [3.63, 3.8) is 0 Å². The first kappa shape index (κ1) is 15.2. The number of unbranched alkanes of at least 4 members (excludes halogenated alkanes) is 8. The molecule has 0 atom stereocenters. The van der Waals surface area contributed by atoms with Gasteiger partial charge in [0, 0.05) is 5.33 Å². The van der Waals surface area contributed by atoms with Crippen molar-refractivity contribution in [1.82, 2.24) is 0 Å². The van der Waals surface area contributed by atoms with E-state index in [4.69, 9.17) is 0 Å². The van der Waals surface area contributed by atoms with Gasteiger partial charge in [-0.1, -0.05) is 73.5 Å². The third kappa shape index (κ3) is 14.2. The van der Waals surface area contributed by atoms with E-state index in [2.05, 4.69) is 35.0 Å². The molecule has 0 rings (SSSR count). The molecule has 0 bridgehead atoms. The summed E-state index contributed by atoms with van der Waals surface area (Å²) in [5.74, 6) is 0. The topological polar surface area (TPSA) is 0 Å². The van der Waals surface area contributed by atoms with Crippen molar-refractivity contribution in [2.24, 2.45) is 0 Å². The minimum atomic E-state index is 1.13. The van der Waals surface area contributed by atoms with Gasteiger partial charge in [0.05, 0.1) is 0 Å². The molecule has 0 aliphatic heterocycles. The Morgan fingerprint density at radius 2 is 1.27 bits per heavy atom. The van der Waals surface area contributed by atoms with Crippen molar-refractivity contribution < 1.29 is 0 Å². The van der Waals surface area contributed by atoms with Gasteiger partial charge in [-0.2, -0.15) is 0 Å². The summed E-state index contributed by atoms with van der Waals surface area (Å²) in [4.78, 5) is 0. The Bertz CT molecular complexity index is 129. The van der Waals surface area contributed by atoms with E-state index < -0.39 is 0 Å². The van der Waals surface area contributed by atoms with Crippen LogP contribution in [-0.2, 0) is 0 Å². The van der Waals surface area contributed by atoms with E-state index in [1.165, 1.54) is 64.2 Å². The van der Waals surface area contributed by atoms with Crippen LogP contribution in [0.1, 0.15) is 71.1 Å². The number of hydrogen-bond donors (Lipinski definition) is 0. The lowest BCUT2D eigenvalue weighted by molar-refractivity contribution is 0.592. The summed E-state index contributed by atoms with van der Waals surface area (Å²) < 4.78 is 0. The lowest BCUT2D eigenvalue weighted by atomic mass is 10.1. The van der Waals surface area contributed by atoms with Gasteiger partial charge in [0.2, 0.25) is 0 Å². The van der Waals surface area contributed by atoms with Crippen LogP contribution < -0.4 is 0 Å². The van der Waals surface area contributed by atoms with Crippen LogP contribution in [-0.4, -0.2) is 5.33 Å². The molecule has 0 amide bonds. The van der Waals surface area contributed by atoms with Crippen LogP contribution in [0.5, 0.6) is 0 Å². The molecule has 0 aliphatic carbocycles. The van der Waals surface area contributed by atoms with E-state index in [1.807, 2.05) is 0 Å². The second-order valence-electron chi connectivity index (χ2n) is 4.21. The van der Waals surface area contributed by atoms with Crippen molar-refractivity contribution in [3.8, 4) is 0 Å². The molecule has 0 nitrogen and oxygen atoms in total. The molecular formula is C14H27Br. The molecule has 0 aromatic carbocycles. The van der Waals surface area contributed by atoms with E-state index in [1.54, 1.807) is 0 Å². The molecule has 0 radical (unpaired) electrons. The second-order valence-corrected chi connectivity index (χ2v) is 5.01. The largest absolute Gasteiger partial charge is 0.0928 e. The van der Waals surface area contributed by atoms with Crippen LogP contribution in [0.25, 0.3) is 0 Å². The molecule has 0 spiro atoms. The predicted octanol–water partition coefficient (Wildman–Crippen LogP) is 5.86. The van der Waals surface area contributed by atoms with E-state index in [9.17, 15) is 0 Å². The van der Waals surface area contributed by atoms with Crippen molar-refractivity contribution >= 4 is 15.9 Å². The monoisotopic (exact) mass is 274 g/mol. The summed E-state index contributed by atoms with van der Waals surface area (Å²) in [5.41, 5.74) is 0. The maximum atomic E-state index is 3.44. The molecule has 0 aromatic rings. The lowest BCUT2D eigenvalue weighted by Gasteiger charge is -1.98. The summed E-state index contributed by atoms with van der Waals surface area (Å²) >= 11 is 3.44. The van der Waals surface area contributed by atoms with E-state index in [0.717, 1.165) is 5.33 Å².